The SMILES string of the molecule is Cc1ccccc1OCCCCC(O)CCOc1cccc2[nH]c3ccccc3c12. The van der Waals surface area contributed by atoms with E-state index in [2.05, 4.69) is 36.2 Å². The zero-order chi connectivity index (χ0) is 20.8. The topological polar surface area (TPSA) is 54.5 Å². The van der Waals surface area contributed by atoms with E-state index in [0.717, 1.165) is 58.1 Å². The van der Waals surface area contributed by atoms with Crippen LogP contribution in [0, 0.1) is 6.92 Å². The molecule has 0 fully saturated rings. The Kier molecular flexibility index (Phi) is 6.55. The summed E-state index contributed by atoms with van der Waals surface area (Å²) in [6.07, 6.45) is 2.90. The van der Waals surface area contributed by atoms with Crippen molar-refractivity contribution < 1.29 is 14.6 Å². The van der Waals surface area contributed by atoms with E-state index < -0.39 is 0 Å². The largest absolute Gasteiger partial charge is 0.493 e. The van der Waals surface area contributed by atoms with Gasteiger partial charge in [-0.15, -0.1) is 0 Å². The molecular weight excluding hydrogens is 374 g/mol. The Balaban J connectivity index is 1.21. The number of hydrogen-bond donors (Lipinski definition) is 2. The van der Waals surface area contributed by atoms with Gasteiger partial charge in [-0.05, 0) is 56.0 Å². The summed E-state index contributed by atoms with van der Waals surface area (Å²) in [5.74, 6) is 1.81. The van der Waals surface area contributed by atoms with Crippen LogP contribution in [0.1, 0.15) is 31.2 Å². The fourth-order valence-corrected chi connectivity index (χ4v) is 3.82. The van der Waals surface area contributed by atoms with Gasteiger partial charge >= 0.3 is 0 Å². The van der Waals surface area contributed by atoms with Crippen molar-refractivity contribution in [2.45, 2.75) is 38.7 Å². The number of ether oxygens (including phenoxy) is 2. The molecular formula is C26H29NO3. The Morgan fingerprint density at radius 1 is 0.767 bits per heavy atom. The molecule has 1 atom stereocenters. The highest BCUT2D eigenvalue weighted by molar-refractivity contribution is 6.10. The average Bonchev–Trinajstić information content (AvgIpc) is 3.14. The Morgan fingerprint density at radius 3 is 2.40 bits per heavy atom. The lowest BCUT2D eigenvalue weighted by Crippen LogP contribution is -2.12. The molecule has 156 valence electrons. The van der Waals surface area contributed by atoms with Crippen LogP contribution >= 0.6 is 0 Å². The molecule has 0 bridgehead atoms. The molecule has 4 heteroatoms. The van der Waals surface area contributed by atoms with Crippen LogP contribution in [-0.4, -0.2) is 29.4 Å². The number of aliphatic hydroxyl groups is 1. The number of fused-ring (bicyclic) bond motifs is 3. The highest BCUT2D eigenvalue weighted by Crippen LogP contribution is 2.33. The first-order chi connectivity index (χ1) is 14.7. The summed E-state index contributed by atoms with van der Waals surface area (Å²) >= 11 is 0. The first-order valence-electron chi connectivity index (χ1n) is 10.7. The molecule has 4 rings (SSSR count). The maximum atomic E-state index is 10.3. The Labute approximate surface area is 177 Å². The number of para-hydroxylation sites is 2. The second kappa shape index (κ2) is 9.68. The smallest absolute Gasteiger partial charge is 0.129 e. The summed E-state index contributed by atoms with van der Waals surface area (Å²) in [6, 6.07) is 22.4. The predicted octanol–water partition coefficient (Wildman–Crippen LogP) is 6.01. The Bertz CT molecular complexity index is 1100. The van der Waals surface area contributed by atoms with Crippen molar-refractivity contribution in [3.05, 3.63) is 72.3 Å². The van der Waals surface area contributed by atoms with E-state index in [-0.39, 0.29) is 6.10 Å². The second-order valence-corrected chi connectivity index (χ2v) is 7.75. The van der Waals surface area contributed by atoms with E-state index in [4.69, 9.17) is 9.47 Å². The number of nitrogens with one attached hydrogen (secondary N) is 1. The number of hydrogen-bond acceptors (Lipinski definition) is 3. The molecule has 0 saturated carbocycles. The third-order valence-corrected chi connectivity index (χ3v) is 5.48. The number of rotatable bonds is 10. The first kappa shape index (κ1) is 20.3. The van der Waals surface area contributed by atoms with Crippen LogP contribution in [0.25, 0.3) is 21.8 Å². The van der Waals surface area contributed by atoms with Gasteiger partial charge in [-0.25, -0.2) is 0 Å². The lowest BCUT2D eigenvalue weighted by molar-refractivity contribution is 0.127. The van der Waals surface area contributed by atoms with Gasteiger partial charge in [0.1, 0.15) is 11.5 Å². The minimum Gasteiger partial charge on any atom is -0.493 e. The predicted molar refractivity (Wildman–Crippen MR) is 122 cm³/mol. The molecule has 1 heterocycles. The molecule has 1 aromatic heterocycles. The zero-order valence-corrected chi connectivity index (χ0v) is 17.4. The van der Waals surface area contributed by atoms with Gasteiger partial charge in [0.25, 0.3) is 0 Å². The van der Waals surface area contributed by atoms with Crippen molar-refractivity contribution in [3.8, 4) is 11.5 Å². The van der Waals surface area contributed by atoms with E-state index in [1.165, 1.54) is 0 Å². The average molecular weight is 404 g/mol. The van der Waals surface area contributed by atoms with E-state index in [1.54, 1.807) is 0 Å². The second-order valence-electron chi connectivity index (χ2n) is 7.75. The van der Waals surface area contributed by atoms with Crippen LogP contribution in [0.5, 0.6) is 11.5 Å². The van der Waals surface area contributed by atoms with Gasteiger partial charge in [-0.2, -0.15) is 0 Å². The summed E-state index contributed by atoms with van der Waals surface area (Å²) in [7, 11) is 0. The molecule has 0 radical (unpaired) electrons. The van der Waals surface area contributed by atoms with Crippen molar-refractivity contribution in [2.24, 2.45) is 0 Å². The van der Waals surface area contributed by atoms with E-state index in [1.807, 2.05) is 42.5 Å². The standard InChI is InChI=1S/C26H29NO3/c1-19-9-2-5-14-24(19)29-17-7-6-10-20(28)16-18-30-25-15-8-13-23-26(25)21-11-3-4-12-22(21)27-23/h2-5,8-9,11-15,20,27-28H,6-7,10,16-18H2,1H3. The number of aryl methyl sites for hydroxylation is 1. The van der Waals surface area contributed by atoms with Gasteiger partial charge in [0.2, 0.25) is 0 Å². The van der Waals surface area contributed by atoms with Gasteiger partial charge in [0.05, 0.1) is 24.8 Å². The van der Waals surface area contributed by atoms with Gasteiger partial charge in [0, 0.05) is 22.7 Å². The number of H-pyrrole nitrogens is 1. The summed E-state index contributed by atoms with van der Waals surface area (Å²) in [6.45, 7) is 3.23. The summed E-state index contributed by atoms with van der Waals surface area (Å²) < 4.78 is 11.9. The molecule has 2 N–H and O–H groups in total. The summed E-state index contributed by atoms with van der Waals surface area (Å²) in [4.78, 5) is 3.43. The third kappa shape index (κ3) is 4.77. The Hall–Kier alpha value is -2.98. The van der Waals surface area contributed by atoms with Crippen molar-refractivity contribution in [3.63, 3.8) is 0 Å². The Morgan fingerprint density at radius 2 is 1.50 bits per heavy atom. The van der Waals surface area contributed by atoms with E-state index in [9.17, 15) is 5.11 Å². The molecule has 30 heavy (non-hydrogen) atoms. The molecule has 0 aliphatic rings. The minimum atomic E-state index is -0.356. The van der Waals surface area contributed by atoms with E-state index in [0.29, 0.717) is 19.6 Å². The highest BCUT2D eigenvalue weighted by Gasteiger charge is 2.10. The molecule has 1 unspecified atom stereocenters. The number of aliphatic hydroxyl groups excluding tert-OH is 1. The lowest BCUT2D eigenvalue weighted by Gasteiger charge is -2.13. The molecule has 4 aromatic rings. The fourth-order valence-electron chi connectivity index (χ4n) is 3.82. The van der Waals surface area contributed by atoms with Crippen LogP contribution in [0.4, 0.5) is 0 Å². The quantitative estimate of drug-likeness (QED) is 0.319. The number of unbranched alkanes of at least 4 members (excludes halogenated alkanes) is 1. The van der Waals surface area contributed by atoms with Crippen molar-refractivity contribution in [1.29, 1.82) is 0 Å². The summed E-state index contributed by atoms with van der Waals surface area (Å²) in [5.41, 5.74) is 3.33. The van der Waals surface area contributed by atoms with E-state index >= 15 is 0 Å². The maximum Gasteiger partial charge on any atom is 0.129 e. The lowest BCUT2D eigenvalue weighted by atomic mass is 10.1. The van der Waals surface area contributed by atoms with Crippen molar-refractivity contribution in [2.75, 3.05) is 13.2 Å². The van der Waals surface area contributed by atoms with Crippen LogP contribution in [0.15, 0.2) is 66.7 Å². The van der Waals surface area contributed by atoms with Gasteiger partial charge in [-0.3, -0.25) is 0 Å². The molecule has 0 aliphatic heterocycles. The molecule has 4 nitrogen and oxygen atoms in total. The summed E-state index contributed by atoms with van der Waals surface area (Å²) in [5, 5.41) is 12.6. The monoisotopic (exact) mass is 403 g/mol. The minimum absolute atomic E-state index is 0.356. The van der Waals surface area contributed by atoms with Gasteiger partial charge in [-0.1, -0.05) is 42.5 Å². The van der Waals surface area contributed by atoms with Crippen LogP contribution in [-0.2, 0) is 0 Å². The highest BCUT2D eigenvalue weighted by atomic mass is 16.5. The fraction of sp³-hybridized carbons (Fsp3) is 0.308. The van der Waals surface area contributed by atoms with Crippen LogP contribution < -0.4 is 9.47 Å². The van der Waals surface area contributed by atoms with Crippen molar-refractivity contribution >= 4 is 21.8 Å². The molecule has 0 aliphatic carbocycles. The third-order valence-electron chi connectivity index (χ3n) is 5.48. The molecule has 0 amide bonds. The maximum absolute atomic E-state index is 10.3. The van der Waals surface area contributed by atoms with Crippen LogP contribution in [0.3, 0.4) is 0 Å². The van der Waals surface area contributed by atoms with Crippen LogP contribution in [0.2, 0.25) is 0 Å². The molecule has 0 spiro atoms. The van der Waals surface area contributed by atoms with Crippen molar-refractivity contribution in [1.82, 2.24) is 4.98 Å². The normalized spacial score (nSPS) is 12.3. The number of benzene rings is 3. The van der Waals surface area contributed by atoms with Gasteiger partial charge < -0.3 is 19.6 Å². The first-order valence-corrected chi connectivity index (χ1v) is 10.7. The number of aromatic amines is 1. The number of aromatic nitrogens is 1. The van der Waals surface area contributed by atoms with Gasteiger partial charge in [0.15, 0.2) is 0 Å². The molecule has 0 saturated heterocycles. The zero-order valence-electron chi connectivity index (χ0n) is 17.4. The molecule has 3 aromatic carbocycles.